The Bertz CT molecular complexity index is 991. The van der Waals surface area contributed by atoms with Gasteiger partial charge < -0.3 is 14.8 Å². The van der Waals surface area contributed by atoms with Crippen LogP contribution in [0.25, 0.3) is 0 Å². The lowest BCUT2D eigenvalue weighted by atomic mass is 10.0. The molecule has 2 aliphatic rings. The zero-order chi connectivity index (χ0) is 22.0. The number of carbonyl (C=O) groups excluding carboxylic acids is 2. The van der Waals surface area contributed by atoms with Crippen LogP contribution in [0, 0.1) is 5.82 Å². The van der Waals surface area contributed by atoms with Crippen molar-refractivity contribution >= 4 is 23.8 Å². The lowest BCUT2D eigenvalue weighted by molar-refractivity contribution is -0.139. The van der Waals surface area contributed by atoms with Crippen molar-refractivity contribution < 1.29 is 23.5 Å². The minimum Gasteiger partial charge on any atom is -0.497 e. The second-order valence-electron chi connectivity index (χ2n) is 7.17. The first-order chi connectivity index (χ1) is 15.0. The number of rotatable bonds is 6. The summed E-state index contributed by atoms with van der Waals surface area (Å²) in [5.41, 5.74) is 4.53. The zero-order valence-electron chi connectivity index (χ0n) is 17.0. The number of hydrazone groups is 1. The third kappa shape index (κ3) is 4.43. The molecule has 1 fully saturated rings. The zero-order valence-corrected chi connectivity index (χ0v) is 17.0. The van der Waals surface area contributed by atoms with Crippen molar-refractivity contribution in [3.63, 3.8) is 0 Å². The Hall–Kier alpha value is -3.66. The number of nitrogens with zero attached hydrogens (tertiary/aromatic N) is 3. The molecule has 2 amide bonds. The monoisotopic (exact) mass is 427 g/mol. The van der Waals surface area contributed by atoms with Crippen LogP contribution in [0.5, 0.6) is 11.5 Å². The fourth-order valence-electron chi connectivity index (χ4n) is 3.58. The summed E-state index contributed by atoms with van der Waals surface area (Å²) >= 11 is 0. The van der Waals surface area contributed by atoms with Crippen LogP contribution >= 0.6 is 0 Å². The molecule has 0 aromatic heterocycles. The van der Waals surface area contributed by atoms with Gasteiger partial charge in [0.1, 0.15) is 36.2 Å². The number of ether oxygens (including phenoxy) is 2. The summed E-state index contributed by atoms with van der Waals surface area (Å²) in [5.74, 6) is 0.0405. The van der Waals surface area contributed by atoms with Crippen LogP contribution in [0.1, 0.15) is 18.0 Å². The van der Waals surface area contributed by atoms with E-state index in [9.17, 15) is 14.0 Å². The summed E-state index contributed by atoms with van der Waals surface area (Å²) in [4.78, 5) is 25.4. The normalized spacial score (nSPS) is 19.9. The van der Waals surface area contributed by atoms with E-state index < -0.39 is 11.9 Å². The van der Waals surface area contributed by atoms with Crippen molar-refractivity contribution in [1.29, 1.82) is 0 Å². The lowest BCUT2D eigenvalue weighted by Crippen LogP contribution is -2.52. The molecular weight excluding hydrogens is 405 g/mol. The summed E-state index contributed by atoms with van der Waals surface area (Å²) in [7, 11) is 3.03. The van der Waals surface area contributed by atoms with Crippen LogP contribution in [-0.2, 0) is 9.59 Å². The Morgan fingerprint density at radius 2 is 1.87 bits per heavy atom. The predicted octanol–water partition coefficient (Wildman–Crippen LogP) is 1.89. The molecule has 2 aliphatic heterocycles. The van der Waals surface area contributed by atoms with E-state index >= 15 is 0 Å². The van der Waals surface area contributed by atoms with Gasteiger partial charge in [-0.15, -0.1) is 0 Å². The van der Waals surface area contributed by atoms with Crippen molar-refractivity contribution in [3.05, 3.63) is 53.8 Å². The van der Waals surface area contributed by atoms with Gasteiger partial charge in [-0.3, -0.25) is 14.6 Å². The Kier molecular flexibility index (Phi) is 5.72. The molecule has 0 bridgehead atoms. The highest BCUT2D eigenvalue weighted by molar-refractivity contribution is 5.96. The smallest absolute Gasteiger partial charge is 0.267 e. The summed E-state index contributed by atoms with van der Waals surface area (Å²) in [5, 5.41) is 9.59. The Morgan fingerprint density at radius 3 is 2.52 bits per heavy atom. The van der Waals surface area contributed by atoms with Crippen LogP contribution in [0.3, 0.4) is 0 Å². The van der Waals surface area contributed by atoms with Crippen LogP contribution in [-0.4, -0.2) is 55.0 Å². The molecule has 2 heterocycles. The molecule has 2 aromatic rings. The lowest BCUT2D eigenvalue weighted by Gasteiger charge is -2.29. The summed E-state index contributed by atoms with van der Waals surface area (Å²) < 4.78 is 23.6. The molecule has 2 unspecified atom stereocenters. The average Bonchev–Trinajstić information content (AvgIpc) is 3.21. The van der Waals surface area contributed by atoms with Crippen molar-refractivity contribution in [2.45, 2.75) is 18.5 Å². The van der Waals surface area contributed by atoms with Gasteiger partial charge in [-0.05, 0) is 24.1 Å². The highest BCUT2D eigenvalue weighted by Crippen LogP contribution is 2.30. The molecule has 2 N–H and O–H groups in total. The first-order valence-electron chi connectivity index (χ1n) is 9.65. The van der Waals surface area contributed by atoms with Gasteiger partial charge in [-0.1, -0.05) is 12.1 Å². The SMILES string of the molecule is COc1cc(NC(=O)CN2N=CN3NC(c4ccc(F)cc4)CC3C2=O)cc(OC)c1. The van der Waals surface area contributed by atoms with Gasteiger partial charge in [0.25, 0.3) is 5.91 Å². The number of nitrogens with one attached hydrogen (secondary N) is 2. The number of amides is 2. The fraction of sp³-hybridized carbons (Fsp3) is 0.286. The third-order valence-corrected chi connectivity index (χ3v) is 5.16. The minimum absolute atomic E-state index is 0.154. The van der Waals surface area contributed by atoms with Crippen molar-refractivity contribution in [3.8, 4) is 11.5 Å². The van der Waals surface area contributed by atoms with Crippen LogP contribution < -0.4 is 20.2 Å². The molecule has 0 aliphatic carbocycles. The van der Waals surface area contributed by atoms with Crippen molar-refractivity contribution in [2.24, 2.45) is 5.10 Å². The maximum absolute atomic E-state index is 13.2. The number of fused-ring (bicyclic) bond motifs is 1. The van der Waals surface area contributed by atoms with Gasteiger partial charge in [0, 0.05) is 23.9 Å². The van der Waals surface area contributed by atoms with E-state index in [0.29, 0.717) is 23.6 Å². The maximum Gasteiger partial charge on any atom is 0.267 e. The average molecular weight is 427 g/mol. The van der Waals surface area contributed by atoms with Gasteiger partial charge in [0.2, 0.25) is 5.91 Å². The fourth-order valence-corrected chi connectivity index (χ4v) is 3.58. The molecular formula is C21H22FN5O4. The molecule has 0 radical (unpaired) electrons. The standard InChI is InChI=1S/C21H22FN5O4/c1-30-16-7-15(8-17(9-16)31-2)24-20(28)11-26-21(29)19-10-18(25-27(19)12-23-26)13-3-5-14(22)6-4-13/h3-9,12,18-19,25H,10-11H2,1-2H3,(H,24,28). The van der Waals surface area contributed by atoms with Crippen molar-refractivity contribution in [1.82, 2.24) is 15.4 Å². The van der Waals surface area contributed by atoms with Gasteiger partial charge in [-0.2, -0.15) is 5.10 Å². The number of halogens is 1. The number of benzene rings is 2. The van der Waals surface area contributed by atoms with Gasteiger partial charge in [0.05, 0.1) is 20.3 Å². The Balaban J connectivity index is 1.40. The van der Waals surface area contributed by atoms with Gasteiger partial charge in [0.15, 0.2) is 0 Å². The second kappa shape index (κ2) is 8.60. The molecule has 31 heavy (non-hydrogen) atoms. The van der Waals surface area contributed by atoms with E-state index in [1.54, 1.807) is 35.3 Å². The molecule has 2 atom stereocenters. The molecule has 9 nitrogen and oxygen atoms in total. The summed E-state index contributed by atoms with van der Waals surface area (Å²) in [6.07, 6.45) is 1.96. The molecule has 1 saturated heterocycles. The number of methoxy groups -OCH3 is 2. The largest absolute Gasteiger partial charge is 0.497 e. The number of carbonyl (C=O) groups is 2. The first kappa shape index (κ1) is 20.6. The number of hydrogen-bond donors (Lipinski definition) is 2. The molecule has 2 aromatic carbocycles. The van der Waals surface area contributed by atoms with E-state index in [0.717, 1.165) is 10.6 Å². The quantitative estimate of drug-likeness (QED) is 0.731. The van der Waals surface area contributed by atoms with E-state index in [2.05, 4.69) is 15.8 Å². The third-order valence-electron chi connectivity index (χ3n) is 5.16. The highest BCUT2D eigenvalue weighted by atomic mass is 19.1. The summed E-state index contributed by atoms with van der Waals surface area (Å²) in [6, 6.07) is 10.5. The van der Waals surface area contributed by atoms with Crippen molar-refractivity contribution in [2.75, 3.05) is 26.1 Å². The van der Waals surface area contributed by atoms with Gasteiger partial charge in [-0.25, -0.2) is 14.8 Å². The molecule has 0 saturated carbocycles. The highest BCUT2D eigenvalue weighted by Gasteiger charge is 2.41. The number of anilines is 1. The maximum atomic E-state index is 13.2. The molecule has 10 heteroatoms. The van der Waals surface area contributed by atoms with Gasteiger partial charge >= 0.3 is 0 Å². The van der Waals surface area contributed by atoms with E-state index in [1.807, 2.05) is 0 Å². The molecule has 0 spiro atoms. The van der Waals surface area contributed by atoms with Crippen LogP contribution in [0.4, 0.5) is 10.1 Å². The van der Waals surface area contributed by atoms with Crippen LogP contribution in [0.2, 0.25) is 0 Å². The first-order valence-corrected chi connectivity index (χ1v) is 9.65. The molecule has 4 rings (SSSR count). The number of hydrogen-bond acceptors (Lipinski definition) is 7. The van der Waals surface area contributed by atoms with E-state index in [1.165, 1.54) is 32.7 Å². The second-order valence-corrected chi connectivity index (χ2v) is 7.17. The molecule has 162 valence electrons. The Labute approximate surface area is 178 Å². The van der Waals surface area contributed by atoms with E-state index in [-0.39, 0.29) is 24.3 Å². The summed E-state index contributed by atoms with van der Waals surface area (Å²) in [6.45, 7) is -0.236. The number of hydrazine groups is 1. The van der Waals surface area contributed by atoms with E-state index in [4.69, 9.17) is 9.47 Å². The van der Waals surface area contributed by atoms with Crippen LogP contribution in [0.15, 0.2) is 47.6 Å². The topological polar surface area (TPSA) is 95.5 Å². The Morgan fingerprint density at radius 1 is 1.19 bits per heavy atom. The predicted molar refractivity (Wildman–Crippen MR) is 111 cm³/mol. The minimum atomic E-state index is -0.503.